The van der Waals surface area contributed by atoms with Gasteiger partial charge in [0.25, 0.3) is 0 Å². The van der Waals surface area contributed by atoms with E-state index in [1.54, 1.807) is 19.4 Å². The number of aliphatic imine (C=N–C) groups is 1. The van der Waals surface area contributed by atoms with Crippen molar-refractivity contribution in [3.63, 3.8) is 0 Å². The van der Waals surface area contributed by atoms with Crippen LogP contribution in [0.2, 0.25) is 0 Å². The largest absolute Gasteiger partial charge is 0.490 e. The van der Waals surface area contributed by atoms with Gasteiger partial charge in [-0.3, -0.25) is 9.98 Å². The van der Waals surface area contributed by atoms with E-state index in [1.807, 2.05) is 19.2 Å². The van der Waals surface area contributed by atoms with Gasteiger partial charge in [-0.15, -0.1) is 24.0 Å². The molecule has 0 atom stereocenters. The topological polar surface area (TPSA) is 49.8 Å². The summed E-state index contributed by atoms with van der Waals surface area (Å²) in [6.07, 6.45) is 4.51. The van der Waals surface area contributed by atoms with Crippen LogP contribution in [-0.2, 0) is 13.0 Å². The molecule has 1 aromatic heterocycles. The summed E-state index contributed by atoms with van der Waals surface area (Å²) in [5.74, 6) is 1.63. The number of ether oxygens (including phenoxy) is 1. The third kappa shape index (κ3) is 7.29. The first-order valence-electron chi connectivity index (χ1n) is 8.25. The van der Waals surface area contributed by atoms with Gasteiger partial charge in [0.2, 0.25) is 0 Å². The summed E-state index contributed by atoms with van der Waals surface area (Å²) < 4.78 is 5.63. The average molecular weight is 454 g/mol. The molecule has 0 amide bonds. The Balaban J connectivity index is 0.00000312. The molecule has 136 valence electrons. The lowest BCUT2D eigenvalue weighted by Crippen LogP contribution is -2.40. The molecule has 0 spiro atoms. The number of aryl methyl sites for hydroxylation is 1. The number of guanidine groups is 1. The predicted octanol–water partition coefficient (Wildman–Crippen LogP) is 3.35. The van der Waals surface area contributed by atoms with Gasteiger partial charge in [0.15, 0.2) is 5.96 Å². The molecule has 0 unspecified atom stereocenters. The molecule has 0 aliphatic heterocycles. The number of aromatic nitrogens is 1. The highest BCUT2D eigenvalue weighted by atomic mass is 127. The van der Waals surface area contributed by atoms with Gasteiger partial charge in [0.05, 0.1) is 12.7 Å². The summed E-state index contributed by atoms with van der Waals surface area (Å²) in [6, 6.07) is 12.5. The number of nitrogens with one attached hydrogen (secondary N) is 1. The zero-order valence-corrected chi connectivity index (χ0v) is 17.4. The molecule has 0 aliphatic carbocycles. The molecule has 0 aliphatic rings. The van der Waals surface area contributed by atoms with Crippen molar-refractivity contribution < 1.29 is 4.74 Å². The Morgan fingerprint density at radius 3 is 2.52 bits per heavy atom. The highest BCUT2D eigenvalue weighted by Gasteiger charge is 2.06. The van der Waals surface area contributed by atoms with E-state index in [9.17, 15) is 0 Å². The minimum Gasteiger partial charge on any atom is -0.490 e. The minimum atomic E-state index is 0. The molecule has 25 heavy (non-hydrogen) atoms. The summed E-state index contributed by atoms with van der Waals surface area (Å²) in [4.78, 5) is 10.5. The lowest BCUT2D eigenvalue weighted by atomic mass is 10.1. The number of nitrogens with zero attached hydrogens (tertiary/aromatic N) is 3. The fourth-order valence-corrected chi connectivity index (χ4v) is 2.38. The highest BCUT2D eigenvalue weighted by Crippen LogP contribution is 2.08. The number of hydrogen-bond donors (Lipinski definition) is 1. The zero-order valence-electron chi connectivity index (χ0n) is 15.1. The maximum atomic E-state index is 5.63. The van der Waals surface area contributed by atoms with E-state index in [2.05, 4.69) is 51.4 Å². The molecule has 2 rings (SSSR count). The van der Waals surface area contributed by atoms with E-state index in [0.717, 1.165) is 24.7 Å². The van der Waals surface area contributed by atoms with Crippen LogP contribution in [0.25, 0.3) is 0 Å². The van der Waals surface area contributed by atoms with E-state index in [1.165, 1.54) is 11.1 Å². The van der Waals surface area contributed by atoms with E-state index in [4.69, 9.17) is 4.74 Å². The van der Waals surface area contributed by atoms with Gasteiger partial charge in [0, 0.05) is 26.8 Å². The first-order valence-corrected chi connectivity index (χ1v) is 8.25. The summed E-state index contributed by atoms with van der Waals surface area (Å²) in [5, 5.41) is 3.31. The van der Waals surface area contributed by atoms with Crippen LogP contribution in [0.15, 0.2) is 53.8 Å². The Kier molecular flexibility index (Phi) is 9.91. The van der Waals surface area contributed by atoms with Crippen LogP contribution in [0.5, 0.6) is 5.75 Å². The molecule has 1 heterocycles. The predicted molar refractivity (Wildman–Crippen MR) is 114 cm³/mol. The van der Waals surface area contributed by atoms with Crippen LogP contribution in [0, 0.1) is 0 Å². The molecule has 1 N–H and O–H groups in total. The standard InChI is InChI=1S/C19H26N4O.HI/c1-4-16-7-9-17(10-8-16)15-23(3)19(20-2)22-12-13-24-18-6-5-11-21-14-18;/h5-11,14H,4,12-13,15H2,1-3H3,(H,20,22);1H. The molecule has 0 saturated carbocycles. The lowest BCUT2D eigenvalue weighted by molar-refractivity contribution is 0.318. The molecule has 1 aromatic carbocycles. The molecule has 0 saturated heterocycles. The van der Waals surface area contributed by atoms with Gasteiger partial charge in [-0.25, -0.2) is 0 Å². The van der Waals surface area contributed by atoms with E-state index in [-0.39, 0.29) is 24.0 Å². The van der Waals surface area contributed by atoms with E-state index >= 15 is 0 Å². The monoisotopic (exact) mass is 454 g/mol. The third-order valence-corrected chi connectivity index (χ3v) is 3.71. The first kappa shape index (κ1) is 21.2. The van der Waals surface area contributed by atoms with Crippen molar-refractivity contribution >= 4 is 29.9 Å². The number of hydrogen-bond acceptors (Lipinski definition) is 3. The number of pyridine rings is 1. The molecular weight excluding hydrogens is 427 g/mol. The van der Waals surface area contributed by atoms with E-state index < -0.39 is 0 Å². The van der Waals surface area contributed by atoms with Crippen molar-refractivity contribution in [3.05, 3.63) is 59.9 Å². The second kappa shape index (κ2) is 11.7. The highest BCUT2D eigenvalue weighted by molar-refractivity contribution is 14.0. The smallest absolute Gasteiger partial charge is 0.193 e. The van der Waals surface area contributed by atoms with Crippen molar-refractivity contribution in [3.8, 4) is 5.75 Å². The van der Waals surface area contributed by atoms with Gasteiger partial charge >= 0.3 is 0 Å². The second-order valence-electron chi connectivity index (χ2n) is 5.54. The molecule has 0 fully saturated rings. The van der Waals surface area contributed by atoms with Crippen molar-refractivity contribution in [2.24, 2.45) is 4.99 Å². The summed E-state index contributed by atoms with van der Waals surface area (Å²) >= 11 is 0. The van der Waals surface area contributed by atoms with Crippen LogP contribution in [0.3, 0.4) is 0 Å². The second-order valence-corrected chi connectivity index (χ2v) is 5.54. The molecule has 6 heteroatoms. The van der Waals surface area contributed by atoms with Gasteiger partial charge in [-0.1, -0.05) is 31.2 Å². The molecule has 0 radical (unpaired) electrons. The molecule has 0 bridgehead atoms. The van der Waals surface area contributed by atoms with Gasteiger partial charge in [-0.05, 0) is 29.7 Å². The lowest BCUT2D eigenvalue weighted by Gasteiger charge is -2.22. The van der Waals surface area contributed by atoms with Crippen molar-refractivity contribution in [2.75, 3.05) is 27.2 Å². The Morgan fingerprint density at radius 1 is 1.20 bits per heavy atom. The Hall–Kier alpha value is -1.83. The van der Waals surface area contributed by atoms with Gasteiger partial charge < -0.3 is 15.0 Å². The van der Waals surface area contributed by atoms with Crippen LogP contribution in [-0.4, -0.2) is 43.1 Å². The van der Waals surface area contributed by atoms with Gasteiger partial charge in [-0.2, -0.15) is 0 Å². The van der Waals surface area contributed by atoms with Crippen LogP contribution in [0.1, 0.15) is 18.1 Å². The van der Waals surface area contributed by atoms with Crippen LogP contribution >= 0.6 is 24.0 Å². The molecular formula is C19H27IN4O. The van der Waals surface area contributed by atoms with Crippen molar-refractivity contribution in [1.82, 2.24) is 15.2 Å². The quantitative estimate of drug-likeness (QED) is 0.302. The van der Waals surface area contributed by atoms with Crippen molar-refractivity contribution in [2.45, 2.75) is 19.9 Å². The maximum absolute atomic E-state index is 5.63. The number of benzene rings is 1. The zero-order chi connectivity index (χ0) is 17.2. The maximum Gasteiger partial charge on any atom is 0.193 e. The van der Waals surface area contributed by atoms with Gasteiger partial charge in [0.1, 0.15) is 12.4 Å². The fraction of sp³-hybridized carbons (Fsp3) is 0.368. The first-order chi connectivity index (χ1) is 11.7. The Bertz CT molecular complexity index is 632. The Labute approximate surface area is 167 Å². The number of rotatable bonds is 7. The summed E-state index contributed by atoms with van der Waals surface area (Å²) in [7, 11) is 3.83. The van der Waals surface area contributed by atoms with E-state index in [0.29, 0.717) is 13.2 Å². The fourth-order valence-electron chi connectivity index (χ4n) is 2.38. The normalized spacial score (nSPS) is 10.8. The molecule has 5 nitrogen and oxygen atoms in total. The summed E-state index contributed by atoms with van der Waals surface area (Å²) in [5.41, 5.74) is 2.63. The summed E-state index contributed by atoms with van der Waals surface area (Å²) in [6.45, 7) is 4.22. The van der Waals surface area contributed by atoms with Crippen LogP contribution in [0.4, 0.5) is 0 Å². The number of halogens is 1. The van der Waals surface area contributed by atoms with Crippen LogP contribution < -0.4 is 10.1 Å². The molecule has 2 aromatic rings. The average Bonchev–Trinajstić information content (AvgIpc) is 2.63. The minimum absolute atomic E-state index is 0. The third-order valence-electron chi connectivity index (χ3n) is 3.71. The van der Waals surface area contributed by atoms with Crippen molar-refractivity contribution in [1.29, 1.82) is 0 Å². The Morgan fingerprint density at radius 2 is 1.92 bits per heavy atom. The SMILES string of the molecule is CCc1ccc(CN(C)C(=NC)NCCOc2cccnc2)cc1.I.